The van der Waals surface area contributed by atoms with Crippen LogP contribution in [0, 0.1) is 0 Å². The Kier molecular flexibility index (Phi) is 4.76. The first-order valence-corrected chi connectivity index (χ1v) is 6.52. The van der Waals surface area contributed by atoms with Crippen molar-refractivity contribution < 1.29 is 14.6 Å². The fourth-order valence-electron chi connectivity index (χ4n) is 2.26. The third kappa shape index (κ3) is 3.24. The average molecular weight is 264 g/mol. The van der Waals surface area contributed by atoms with Crippen molar-refractivity contribution >= 4 is 11.6 Å². The summed E-state index contributed by atoms with van der Waals surface area (Å²) in [5.74, 6) is -0.0548. The minimum Gasteiger partial charge on any atom is -0.395 e. The number of aliphatic hydroxyl groups excluding tert-OH is 1. The summed E-state index contributed by atoms with van der Waals surface area (Å²) in [7, 11) is 1.60. The topological polar surface area (TPSA) is 61.8 Å². The summed E-state index contributed by atoms with van der Waals surface area (Å²) >= 11 is 0. The zero-order valence-electron chi connectivity index (χ0n) is 11.2. The van der Waals surface area contributed by atoms with E-state index in [-0.39, 0.29) is 12.5 Å². The molecule has 0 fully saturated rings. The van der Waals surface area contributed by atoms with Crippen LogP contribution in [0.3, 0.4) is 0 Å². The summed E-state index contributed by atoms with van der Waals surface area (Å²) in [5.41, 5.74) is 2.97. The summed E-state index contributed by atoms with van der Waals surface area (Å²) < 4.78 is 4.99. The zero-order chi connectivity index (χ0) is 13.7. The monoisotopic (exact) mass is 264 g/mol. The van der Waals surface area contributed by atoms with Crippen molar-refractivity contribution in [2.75, 3.05) is 45.3 Å². The number of carbonyl (C=O) groups excluding carboxylic acids is 1. The van der Waals surface area contributed by atoms with Crippen LogP contribution < -0.4 is 5.32 Å². The average Bonchev–Trinajstić information content (AvgIpc) is 2.90. The van der Waals surface area contributed by atoms with Crippen molar-refractivity contribution in [3.05, 3.63) is 29.3 Å². The maximum Gasteiger partial charge on any atom is 0.254 e. The second-order valence-corrected chi connectivity index (χ2v) is 4.56. The molecule has 1 heterocycles. The molecule has 1 amide bonds. The molecule has 104 valence electrons. The number of rotatable bonds is 6. The predicted octanol–water partition coefficient (Wildman–Crippen LogP) is 0.736. The first kappa shape index (κ1) is 13.8. The number of carbonyl (C=O) groups is 1. The third-order valence-corrected chi connectivity index (χ3v) is 3.28. The molecule has 5 heteroatoms. The standard InChI is InChI=1S/C14H20N2O3/c1-19-9-7-16(6-8-17)14(18)12-2-3-13-11(10-12)4-5-15-13/h2-3,10,15,17H,4-9H2,1H3. The maximum absolute atomic E-state index is 12.4. The first-order chi connectivity index (χ1) is 9.26. The van der Waals surface area contributed by atoms with Gasteiger partial charge in [-0.25, -0.2) is 0 Å². The number of nitrogens with one attached hydrogen (secondary N) is 1. The van der Waals surface area contributed by atoms with Gasteiger partial charge in [0.1, 0.15) is 0 Å². The van der Waals surface area contributed by atoms with Crippen molar-refractivity contribution in [2.45, 2.75) is 6.42 Å². The lowest BCUT2D eigenvalue weighted by Crippen LogP contribution is -2.36. The Bertz CT molecular complexity index is 448. The molecule has 5 nitrogen and oxygen atoms in total. The fraction of sp³-hybridized carbons (Fsp3) is 0.500. The van der Waals surface area contributed by atoms with Crippen LogP contribution in [0.25, 0.3) is 0 Å². The van der Waals surface area contributed by atoms with E-state index in [0.717, 1.165) is 18.7 Å². The molecule has 2 rings (SSSR count). The Morgan fingerprint density at radius 3 is 3.05 bits per heavy atom. The predicted molar refractivity (Wildman–Crippen MR) is 73.5 cm³/mol. The summed E-state index contributed by atoms with van der Waals surface area (Å²) in [6, 6.07) is 5.72. The molecule has 1 aromatic rings. The van der Waals surface area contributed by atoms with Gasteiger partial charge in [0.25, 0.3) is 5.91 Å². The van der Waals surface area contributed by atoms with Crippen LogP contribution in [-0.4, -0.2) is 55.9 Å². The van der Waals surface area contributed by atoms with Crippen molar-refractivity contribution in [3.63, 3.8) is 0 Å². The van der Waals surface area contributed by atoms with Crippen LogP contribution in [0.4, 0.5) is 5.69 Å². The van der Waals surface area contributed by atoms with Crippen LogP contribution >= 0.6 is 0 Å². The van der Waals surface area contributed by atoms with Gasteiger partial charge < -0.3 is 20.1 Å². The van der Waals surface area contributed by atoms with Crippen molar-refractivity contribution in [3.8, 4) is 0 Å². The molecule has 1 aliphatic rings. The molecule has 0 bridgehead atoms. The van der Waals surface area contributed by atoms with Gasteiger partial charge in [0.05, 0.1) is 13.2 Å². The number of nitrogens with zero attached hydrogens (tertiary/aromatic N) is 1. The smallest absolute Gasteiger partial charge is 0.254 e. The highest BCUT2D eigenvalue weighted by molar-refractivity contribution is 5.95. The number of aliphatic hydroxyl groups is 1. The second kappa shape index (κ2) is 6.54. The van der Waals surface area contributed by atoms with E-state index >= 15 is 0 Å². The molecule has 0 saturated carbocycles. The number of anilines is 1. The van der Waals surface area contributed by atoms with Gasteiger partial charge in [0, 0.05) is 38.0 Å². The number of ether oxygens (including phenoxy) is 1. The Labute approximate surface area is 113 Å². The Hall–Kier alpha value is -1.59. The molecular weight excluding hydrogens is 244 g/mol. The molecule has 0 aliphatic carbocycles. The molecule has 0 atom stereocenters. The fourth-order valence-corrected chi connectivity index (χ4v) is 2.26. The SMILES string of the molecule is COCCN(CCO)C(=O)c1ccc2c(c1)CCN2. The molecule has 0 spiro atoms. The lowest BCUT2D eigenvalue weighted by molar-refractivity contribution is 0.0656. The van der Waals surface area contributed by atoms with Gasteiger partial charge in [-0.2, -0.15) is 0 Å². The van der Waals surface area contributed by atoms with E-state index in [9.17, 15) is 4.79 Å². The molecule has 0 radical (unpaired) electrons. The lowest BCUT2D eigenvalue weighted by atomic mass is 10.1. The number of hydrogen-bond acceptors (Lipinski definition) is 4. The molecule has 0 unspecified atom stereocenters. The molecule has 1 aromatic carbocycles. The van der Waals surface area contributed by atoms with E-state index in [1.807, 2.05) is 18.2 Å². The molecule has 2 N–H and O–H groups in total. The molecule has 19 heavy (non-hydrogen) atoms. The third-order valence-electron chi connectivity index (χ3n) is 3.28. The lowest BCUT2D eigenvalue weighted by Gasteiger charge is -2.21. The maximum atomic E-state index is 12.4. The van der Waals surface area contributed by atoms with Crippen molar-refractivity contribution in [1.82, 2.24) is 4.90 Å². The Morgan fingerprint density at radius 2 is 2.32 bits per heavy atom. The number of hydrogen-bond donors (Lipinski definition) is 2. The van der Waals surface area contributed by atoms with Gasteiger partial charge in [0.2, 0.25) is 0 Å². The van der Waals surface area contributed by atoms with Crippen LogP contribution in [0.5, 0.6) is 0 Å². The second-order valence-electron chi connectivity index (χ2n) is 4.56. The minimum atomic E-state index is -0.0548. The molecule has 0 aromatic heterocycles. The van der Waals surface area contributed by atoms with Crippen LogP contribution in [-0.2, 0) is 11.2 Å². The van der Waals surface area contributed by atoms with Crippen molar-refractivity contribution in [2.24, 2.45) is 0 Å². The highest BCUT2D eigenvalue weighted by Gasteiger charge is 2.18. The van der Waals surface area contributed by atoms with Gasteiger partial charge in [-0.05, 0) is 30.2 Å². The van der Waals surface area contributed by atoms with Gasteiger partial charge in [-0.1, -0.05) is 0 Å². The van der Waals surface area contributed by atoms with Gasteiger partial charge in [-0.3, -0.25) is 4.79 Å². The first-order valence-electron chi connectivity index (χ1n) is 6.52. The van der Waals surface area contributed by atoms with Gasteiger partial charge in [0.15, 0.2) is 0 Å². The largest absolute Gasteiger partial charge is 0.395 e. The Morgan fingerprint density at radius 1 is 1.47 bits per heavy atom. The summed E-state index contributed by atoms with van der Waals surface area (Å²) in [4.78, 5) is 14.0. The quantitative estimate of drug-likeness (QED) is 0.795. The molecule has 1 aliphatic heterocycles. The van der Waals surface area contributed by atoms with Crippen LogP contribution in [0.2, 0.25) is 0 Å². The number of methoxy groups -OCH3 is 1. The molecular formula is C14H20N2O3. The van der Waals surface area contributed by atoms with E-state index in [2.05, 4.69) is 5.32 Å². The highest BCUT2D eigenvalue weighted by Crippen LogP contribution is 2.23. The van der Waals surface area contributed by atoms with Crippen LogP contribution in [0.15, 0.2) is 18.2 Å². The minimum absolute atomic E-state index is 0.0397. The van der Waals surface area contributed by atoms with E-state index in [4.69, 9.17) is 9.84 Å². The summed E-state index contributed by atoms with van der Waals surface area (Å²) in [6.45, 7) is 2.18. The van der Waals surface area contributed by atoms with Gasteiger partial charge >= 0.3 is 0 Å². The van der Waals surface area contributed by atoms with Crippen molar-refractivity contribution in [1.29, 1.82) is 0 Å². The van der Waals surface area contributed by atoms with Gasteiger partial charge in [-0.15, -0.1) is 0 Å². The number of fused-ring (bicyclic) bond motifs is 1. The number of benzene rings is 1. The summed E-state index contributed by atoms with van der Waals surface area (Å²) in [5, 5.41) is 12.3. The highest BCUT2D eigenvalue weighted by atomic mass is 16.5. The van der Waals surface area contributed by atoms with E-state index in [0.29, 0.717) is 25.3 Å². The Balaban J connectivity index is 2.11. The molecule has 0 saturated heterocycles. The van der Waals surface area contributed by atoms with Crippen LogP contribution in [0.1, 0.15) is 15.9 Å². The normalized spacial score (nSPS) is 12.9. The van der Waals surface area contributed by atoms with E-state index in [1.165, 1.54) is 5.56 Å². The van der Waals surface area contributed by atoms with E-state index in [1.54, 1.807) is 12.0 Å². The summed E-state index contributed by atoms with van der Waals surface area (Å²) in [6.07, 6.45) is 0.953. The van der Waals surface area contributed by atoms with E-state index < -0.39 is 0 Å². The zero-order valence-corrected chi connectivity index (χ0v) is 11.2. The number of amides is 1.